The van der Waals surface area contributed by atoms with Crippen molar-refractivity contribution >= 4 is 21.2 Å². The van der Waals surface area contributed by atoms with E-state index in [-0.39, 0.29) is 17.3 Å². The van der Waals surface area contributed by atoms with Gasteiger partial charge in [0, 0.05) is 10.9 Å². The van der Waals surface area contributed by atoms with E-state index in [4.69, 9.17) is 4.74 Å². The minimum atomic E-state index is -3.38. The van der Waals surface area contributed by atoms with E-state index >= 15 is 0 Å². The maximum absolute atomic E-state index is 12.9. The van der Waals surface area contributed by atoms with Crippen molar-refractivity contribution in [2.45, 2.75) is 18.4 Å². The number of thiazole rings is 1. The highest BCUT2D eigenvalue weighted by molar-refractivity contribution is 7.89. The number of benzene rings is 2. The first-order valence-electron chi connectivity index (χ1n) is 8.08. The van der Waals surface area contributed by atoms with Gasteiger partial charge < -0.3 is 4.74 Å². The van der Waals surface area contributed by atoms with E-state index in [0.29, 0.717) is 17.9 Å². The summed E-state index contributed by atoms with van der Waals surface area (Å²) in [5, 5.41) is 2.52. The Morgan fingerprint density at radius 2 is 1.73 bits per heavy atom. The molecule has 0 fully saturated rings. The molecular weight excluding hydrogens is 373 g/mol. The van der Waals surface area contributed by atoms with E-state index in [2.05, 4.69) is 4.98 Å². The smallest absolute Gasteiger partial charge is 0.160 e. The minimum Gasteiger partial charge on any atom is -0.494 e. The molecule has 0 aliphatic rings. The number of hydrogen-bond acceptors (Lipinski definition) is 5. The fourth-order valence-corrected chi connectivity index (χ4v) is 4.81. The van der Waals surface area contributed by atoms with Crippen LogP contribution in [0, 0.1) is 5.82 Å². The fraction of sp³-hybridized carbons (Fsp3) is 0.211. The molecule has 0 N–H and O–H groups in total. The van der Waals surface area contributed by atoms with Gasteiger partial charge in [-0.15, -0.1) is 11.3 Å². The summed E-state index contributed by atoms with van der Waals surface area (Å²) in [7, 11) is -3.38. The molecule has 0 radical (unpaired) electrons. The van der Waals surface area contributed by atoms with Crippen molar-refractivity contribution in [3.63, 3.8) is 0 Å². The van der Waals surface area contributed by atoms with Crippen LogP contribution in [0.2, 0.25) is 0 Å². The quantitative estimate of drug-likeness (QED) is 0.597. The molecule has 3 aromatic rings. The van der Waals surface area contributed by atoms with Crippen molar-refractivity contribution < 1.29 is 17.5 Å². The van der Waals surface area contributed by atoms with Crippen LogP contribution in [0.1, 0.15) is 18.2 Å². The second-order valence-corrected chi connectivity index (χ2v) is 8.68. The summed E-state index contributed by atoms with van der Waals surface area (Å²) < 4.78 is 43.1. The summed E-state index contributed by atoms with van der Waals surface area (Å²) in [5.41, 5.74) is 2.00. The Kier molecular flexibility index (Phi) is 5.68. The monoisotopic (exact) mass is 391 g/mol. The van der Waals surface area contributed by atoms with E-state index in [9.17, 15) is 12.8 Å². The molecule has 0 bridgehead atoms. The number of nitrogens with zero attached hydrogens (tertiary/aromatic N) is 1. The molecule has 7 heteroatoms. The van der Waals surface area contributed by atoms with E-state index in [1.165, 1.54) is 35.6 Å². The van der Waals surface area contributed by atoms with Crippen LogP contribution in [-0.2, 0) is 21.3 Å². The molecular formula is C19H18FNO3S2. The third-order valence-corrected chi connectivity index (χ3v) is 6.08. The molecule has 26 heavy (non-hydrogen) atoms. The Labute approximate surface area is 156 Å². The summed E-state index contributed by atoms with van der Waals surface area (Å²) in [5.74, 6) is 0.127. The highest BCUT2D eigenvalue weighted by Crippen LogP contribution is 2.26. The van der Waals surface area contributed by atoms with Gasteiger partial charge in [0.05, 0.1) is 23.8 Å². The molecule has 1 aromatic heterocycles. The van der Waals surface area contributed by atoms with Crippen molar-refractivity contribution in [2.75, 3.05) is 6.61 Å². The zero-order chi connectivity index (χ0) is 18.6. The van der Waals surface area contributed by atoms with Gasteiger partial charge in [-0.1, -0.05) is 12.1 Å². The molecule has 0 unspecified atom stereocenters. The molecule has 0 aliphatic carbocycles. The van der Waals surface area contributed by atoms with Crippen LogP contribution in [-0.4, -0.2) is 20.0 Å². The number of sulfone groups is 1. The predicted molar refractivity (Wildman–Crippen MR) is 101 cm³/mol. The Hall–Kier alpha value is -2.25. The number of rotatable bonds is 7. The summed E-state index contributed by atoms with van der Waals surface area (Å²) in [6, 6.07) is 13.0. The predicted octanol–water partition coefficient (Wildman–Crippen LogP) is 4.46. The maximum atomic E-state index is 12.9. The Morgan fingerprint density at radius 1 is 1.04 bits per heavy atom. The molecule has 4 nitrogen and oxygen atoms in total. The van der Waals surface area contributed by atoms with Crippen LogP contribution < -0.4 is 4.74 Å². The fourth-order valence-electron chi connectivity index (χ4n) is 2.48. The average Bonchev–Trinajstić information content (AvgIpc) is 3.05. The highest BCUT2D eigenvalue weighted by atomic mass is 32.2. The van der Waals surface area contributed by atoms with Crippen molar-refractivity contribution in [2.24, 2.45) is 0 Å². The van der Waals surface area contributed by atoms with Gasteiger partial charge in [0.2, 0.25) is 0 Å². The Morgan fingerprint density at radius 3 is 2.38 bits per heavy atom. The molecule has 0 atom stereocenters. The number of halogens is 1. The average molecular weight is 391 g/mol. The van der Waals surface area contributed by atoms with Gasteiger partial charge in [-0.3, -0.25) is 0 Å². The van der Waals surface area contributed by atoms with Gasteiger partial charge in [0.15, 0.2) is 9.84 Å². The standard InChI is InChI=1S/C19H18FNO3S2/c1-2-24-18-9-5-15(6-10-18)19-21-17(11-25-19)13-26(22,23)12-14-3-7-16(20)8-4-14/h3-11H,2,12-13H2,1H3. The van der Waals surface area contributed by atoms with Crippen LogP contribution in [0.5, 0.6) is 5.75 Å². The van der Waals surface area contributed by atoms with E-state index in [1.54, 1.807) is 5.38 Å². The zero-order valence-electron chi connectivity index (χ0n) is 14.2. The number of aromatic nitrogens is 1. The summed E-state index contributed by atoms with van der Waals surface area (Å²) in [6.45, 7) is 2.53. The molecule has 0 saturated carbocycles. The Bertz CT molecular complexity index is 965. The lowest BCUT2D eigenvalue weighted by Crippen LogP contribution is -2.08. The lowest BCUT2D eigenvalue weighted by atomic mass is 10.2. The molecule has 2 aromatic carbocycles. The third-order valence-electron chi connectivity index (χ3n) is 3.63. The third kappa shape index (κ3) is 4.89. The van der Waals surface area contributed by atoms with Crippen LogP contribution in [0.3, 0.4) is 0 Å². The summed E-state index contributed by atoms with van der Waals surface area (Å²) in [4.78, 5) is 4.44. The van der Waals surface area contributed by atoms with Crippen molar-refractivity contribution in [3.05, 3.63) is 71.0 Å². The van der Waals surface area contributed by atoms with Crippen LogP contribution in [0.15, 0.2) is 53.9 Å². The van der Waals surface area contributed by atoms with Gasteiger partial charge in [0.1, 0.15) is 16.6 Å². The first kappa shape index (κ1) is 18.5. The molecule has 136 valence electrons. The summed E-state index contributed by atoms with van der Waals surface area (Å²) in [6.07, 6.45) is 0. The van der Waals surface area contributed by atoms with Gasteiger partial charge in [-0.2, -0.15) is 0 Å². The topological polar surface area (TPSA) is 56.3 Å². The normalized spacial score (nSPS) is 11.5. The van der Waals surface area contributed by atoms with Gasteiger partial charge in [-0.05, 0) is 48.9 Å². The SMILES string of the molecule is CCOc1ccc(-c2nc(CS(=O)(=O)Cc3ccc(F)cc3)cs2)cc1. The molecule has 3 rings (SSSR count). The molecule has 0 saturated heterocycles. The van der Waals surface area contributed by atoms with Crippen molar-refractivity contribution in [1.29, 1.82) is 0 Å². The lowest BCUT2D eigenvalue weighted by Gasteiger charge is -2.04. The van der Waals surface area contributed by atoms with Crippen LogP contribution in [0.4, 0.5) is 4.39 Å². The first-order chi connectivity index (χ1) is 12.4. The van der Waals surface area contributed by atoms with E-state index in [1.807, 2.05) is 31.2 Å². The molecule has 0 spiro atoms. The van der Waals surface area contributed by atoms with Crippen LogP contribution in [0.25, 0.3) is 10.6 Å². The molecule has 1 heterocycles. The number of ether oxygens (including phenoxy) is 1. The Balaban J connectivity index is 1.70. The van der Waals surface area contributed by atoms with Crippen molar-refractivity contribution in [3.8, 4) is 16.3 Å². The molecule has 0 amide bonds. The number of hydrogen-bond donors (Lipinski definition) is 0. The van der Waals surface area contributed by atoms with Gasteiger partial charge >= 0.3 is 0 Å². The zero-order valence-corrected chi connectivity index (χ0v) is 15.8. The maximum Gasteiger partial charge on any atom is 0.160 e. The first-order valence-corrected chi connectivity index (χ1v) is 10.8. The van der Waals surface area contributed by atoms with E-state index in [0.717, 1.165) is 16.3 Å². The van der Waals surface area contributed by atoms with Crippen LogP contribution >= 0.6 is 11.3 Å². The summed E-state index contributed by atoms with van der Waals surface area (Å²) >= 11 is 1.40. The van der Waals surface area contributed by atoms with Gasteiger partial charge in [0.25, 0.3) is 0 Å². The second-order valence-electron chi connectivity index (χ2n) is 5.76. The second kappa shape index (κ2) is 7.97. The van der Waals surface area contributed by atoms with Crippen molar-refractivity contribution in [1.82, 2.24) is 4.98 Å². The van der Waals surface area contributed by atoms with E-state index < -0.39 is 9.84 Å². The highest BCUT2D eigenvalue weighted by Gasteiger charge is 2.16. The largest absolute Gasteiger partial charge is 0.494 e. The minimum absolute atomic E-state index is 0.136. The lowest BCUT2D eigenvalue weighted by molar-refractivity contribution is 0.340. The van der Waals surface area contributed by atoms with Gasteiger partial charge in [-0.25, -0.2) is 17.8 Å². The molecule has 0 aliphatic heterocycles.